The van der Waals surface area contributed by atoms with Crippen LogP contribution in [0.4, 0.5) is 0 Å². The average Bonchev–Trinajstić information content (AvgIpc) is 3.64. The molecule has 0 N–H and O–H groups in total. The summed E-state index contributed by atoms with van der Waals surface area (Å²) in [5.74, 6) is 1.82. The number of aromatic nitrogens is 5. The molecule has 0 spiro atoms. The smallest absolute Gasteiger partial charge is 0.238 e. The molecule has 4 heterocycles. The topological polar surface area (TPSA) is 56.5 Å². The van der Waals surface area contributed by atoms with Crippen molar-refractivity contribution in [2.45, 2.75) is 0 Å². The highest BCUT2D eigenvalue weighted by Crippen LogP contribution is 2.42. The van der Waals surface area contributed by atoms with Gasteiger partial charge in [-0.1, -0.05) is 109 Å². The van der Waals surface area contributed by atoms with Crippen molar-refractivity contribution in [1.29, 1.82) is 0 Å². The van der Waals surface area contributed by atoms with Crippen molar-refractivity contribution in [3.05, 3.63) is 140 Å². The summed E-state index contributed by atoms with van der Waals surface area (Å²) in [7, 11) is 0. The Morgan fingerprint density at radius 3 is 1.75 bits per heavy atom. The van der Waals surface area contributed by atoms with E-state index in [0.717, 1.165) is 44.3 Å². The van der Waals surface area contributed by atoms with E-state index >= 15 is 0 Å². The minimum atomic E-state index is 0.565. The van der Waals surface area contributed by atoms with Gasteiger partial charge in [-0.25, -0.2) is 9.97 Å². The second-order valence-electron chi connectivity index (χ2n) is 10.7. The third-order valence-electron chi connectivity index (χ3n) is 8.07. The zero-order chi connectivity index (χ0) is 29.0. The fourth-order valence-corrected chi connectivity index (χ4v) is 7.16. The highest BCUT2D eigenvalue weighted by Gasteiger charge is 2.22. The van der Waals surface area contributed by atoms with Gasteiger partial charge in [-0.2, -0.15) is 9.97 Å². The van der Waals surface area contributed by atoms with Crippen LogP contribution >= 0.6 is 11.3 Å². The molecule has 0 aliphatic rings. The Kier molecular flexibility index (Phi) is 5.61. The molecule has 0 saturated heterocycles. The number of fused-ring (bicyclic) bond motifs is 7. The molecule has 9 rings (SSSR count). The molecule has 0 aliphatic carbocycles. The van der Waals surface area contributed by atoms with Gasteiger partial charge in [-0.15, -0.1) is 11.3 Å². The highest BCUT2D eigenvalue weighted by atomic mass is 32.1. The molecular formula is C38H23N5S. The van der Waals surface area contributed by atoms with Crippen molar-refractivity contribution in [2.75, 3.05) is 0 Å². The quantitative estimate of drug-likeness (QED) is 0.208. The maximum absolute atomic E-state index is 5.26. The Bertz CT molecular complexity index is 2430. The molecule has 0 radical (unpaired) electrons. The molecule has 0 aliphatic heterocycles. The van der Waals surface area contributed by atoms with E-state index in [1.165, 1.54) is 20.2 Å². The number of hydrogen-bond acceptors (Lipinski definition) is 5. The molecule has 206 valence electrons. The van der Waals surface area contributed by atoms with Gasteiger partial charge in [0.2, 0.25) is 5.95 Å². The lowest BCUT2D eigenvalue weighted by Gasteiger charge is -2.11. The monoisotopic (exact) mass is 581 g/mol. The third-order valence-corrected chi connectivity index (χ3v) is 9.20. The van der Waals surface area contributed by atoms with E-state index in [2.05, 4.69) is 65.2 Å². The summed E-state index contributed by atoms with van der Waals surface area (Å²) in [6, 6.07) is 47.8. The minimum Gasteiger partial charge on any atom is -0.275 e. The molecule has 9 aromatic rings. The molecule has 0 atom stereocenters. The summed E-state index contributed by atoms with van der Waals surface area (Å²) in [6.45, 7) is 0. The molecule has 0 unspecified atom stereocenters. The van der Waals surface area contributed by atoms with Crippen molar-refractivity contribution in [2.24, 2.45) is 0 Å². The standard InChI is InChI=1S/C38H23N5S/c1-4-12-24(13-5-1)29-21-22-30-34(39-29)28-20-23-32-33(27-18-10-11-19-31(27)44-32)35(28)43(30)38-41-36(25-14-6-2-7-15-25)40-37(42-38)26-16-8-3-9-17-26/h1-23H. The second kappa shape index (κ2) is 9.93. The van der Waals surface area contributed by atoms with E-state index in [9.17, 15) is 0 Å². The lowest BCUT2D eigenvalue weighted by Crippen LogP contribution is -2.06. The molecular weight excluding hydrogens is 559 g/mol. The van der Waals surface area contributed by atoms with Crippen LogP contribution in [0.3, 0.4) is 0 Å². The van der Waals surface area contributed by atoms with Crippen LogP contribution in [0.2, 0.25) is 0 Å². The van der Waals surface area contributed by atoms with Crippen LogP contribution < -0.4 is 0 Å². The van der Waals surface area contributed by atoms with E-state index in [0.29, 0.717) is 17.6 Å². The fraction of sp³-hybridized carbons (Fsp3) is 0. The van der Waals surface area contributed by atoms with Crippen LogP contribution in [-0.2, 0) is 0 Å². The van der Waals surface area contributed by atoms with E-state index < -0.39 is 0 Å². The van der Waals surface area contributed by atoms with Gasteiger partial charge in [0.1, 0.15) is 0 Å². The zero-order valence-corrected chi connectivity index (χ0v) is 24.2. The molecule has 6 heteroatoms. The van der Waals surface area contributed by atoms with E-state index in [-0.39, 0.29) is 0 Å². The number of thiophene rings is 1. The Hall–Kier alpha value is -5.72. The summed E-state index contributed by atoms with van der Waals surface area (Å²) in [4.78, 5) is 20.5. The van der Waals surface area contributed by atoms with E-state index in [1.54, 1.807) is 11.3 Å². The number of benzene rings is 5. The summed E-state index contributed by atoms with van der Waals surface area (Å²) < 4.78 is 4.65. The van der Waals surface area contributed by atoms with Crippen LogP contribution in [0, 0.1) is 0 Å². The fourth-order valence-electron chi connectivity index (χ4n) is 6.05. The van der Waals surface area contributed by atoms with Gasteiger partial charge in [0.05, 0.1) is 22.2 Å². The Morgan fingerprint density at radius 1 is 0.455 bits per heavy atom. The van der Waals surface area contributed by atoms with Gasteiger partial charge in [-0.05, 0) is 30.3 Å². The number of rotatable bonds is 4. The van der Waals surface area contributed by atoms with Crippen LogP contribution in [0.5, 0.6) is 0 Å². The summed E-state index contributed by atoms with van der Waals surface area (Å²) in [6.07, 6.45) is 0. The molecule has 44 heavy (non-hydrogen) atoms. The molecule has 5 nitrogen and oxygen atoms in total. The normalized spacial score (nSPS) is 11.6. The number of pyridine rings is 1. The van der Waals surface area contributed by atoms with Crippen molar-refractivity contribution in [3.63, 3.8) is 0 Å². The average molecular weight is 582 g/mol. The SMILES string of the molecule is c1ccc(-c2ccc3c(n2)c2ccc4sc5ccccc5c4c2n3-c2nc(-c3ccccc3)nc(-c3ccccc3)n2)cc1. The first-order valence-electron chi connectivity index (χ1n) is 14.5. The summed E-state index contributed by atoms with van der Waals surface area (Å²) >= 11 is 1.80. The van der Waals surface area contributed by atoms with Gasteiger partial charge >= 0.3 is 0 Å². The predicted octanol–water partition coefficient (Wildman–Crippen LogP) is 9.73. The Balaban J connectivity index is 1.43. The van der Waals surface area contributed by atoms with Crippen molar-refractivity contribution >= 4 is 53.4 Å². The highest BCUT2D eigenvalue weighted by molar-refractivity contribution is 7.26. The first-order valence-corrected chi connectivity index (χ1v) is 15.3. The van der Waals surface area contributed by atoms with Crippen molar-refractivity contribution < 1.29 is 0 Å². The molecule has 0 fully saturated rings. The Labute approximate surface area is 256 Å². The van der Waals surface area contributed by atoms with Crippen LogP contribution in [0.25, 0.3) is 82.1 Å². The van der Waals surface area contributed by atoms with Crippen LogP contribution in [0.1, 0.15) is 0 Å². The summed E-state index contributed by atoms with van der Waals surface area (Å²) in [5, 5.41) is 3.47. The first-order chi connectivity index (χ1) is 21.8. The van der Waals surface area contributed by atoms with Gasteiger partial charge < -0.3 is 0 Å². The van der Waals surface area contributed by atoms with Gasteiger partial charge in [-0.3, -0.25) is 4.57 Å². The lowest BCUT2D eigenvalue weighted by molar-refractivity contribution is 0.954. The summed E-state index contributed by atoms with van der Waals surface area (Å²) in [5.41, 5.74) is 6.80. The number of nitrogens with zero attached hydrogens (tertiary/aromatic N) is 5. The van der Waals surface area contributed by atoms with Gasteiger partial charge in [0, 0.05) is 42.2 Å². The largest absolute Gasteiger partial charge is 0.275 e. The second-order valence-corrected chi connectivity index (χ2v) is 11.8. The lowest BCUT2D eigenvalue weighted by atomic mass is 10.1. The number of hydrogen-bond donors (Lipinski definition) is 0. The van der Waals surface area contributed by atoms with E-state index in [4.69, 9.17) is 19.9 Å². The molecule has 5 aromatic carbocycles. The Morgan fingerprint density at radius 2 is 1.07 bits per heavy atom. The maximum Gasteiger partial charge on any atom is 0.238 e. The van der Waals surface area contributed by atoms with Crippen molar-refractivity contribution in [1.82, 2.24) is 24.5 Å². The molecule has 0 bridgehead atoms. The van der Waals surface area contributed by atoms with Gasteiger partial charge in [0.15, 0.2) is 11.6 Å². The molecule has 0 saturated carbocycles. The minimum absolute atomic E-state index is 0.565. The molecule has 4 aromatic heterocycles. The van der Waals surface area contributed by atoms with Crippen LogP contribution in [0.15, 0.2) is 140 Å². The van der Waals surface area contributed by atoms with Crippen molar-refractivity contribution in [3.8, 4) is 40.0 Å². The first kappa shape index (κ1) is 24.8. The van der Waals surface area contributed by atoms with Gasteiger partial charge in [0.25, 0.3) is 0 Å². The third kappa shape index (κ3) is 3.92. The maximum atomic E-state index is 5.26. The van der Waals surface area contributed by atoms with Crippen LogP contribution in [-0.4, -0.2) is 24.5 Å². The van der Waals surface area contributed by atoms with E-state index in [1.807, 2.05) is 78.9 Å². The molecule has 0 amide bonds. The predicted molar refractivity (Wildman–Crippen MR) is 181 cm³/mol. The zero-order valence-electron chi connectivity index (χ0n) is 23.4.